The fraction of sp³-hybridized carbons (Fsp3) is 0.333. The van der Waals surface area contributed by atoms with Gasteiger partial charge in [-0.15, -0.1) is 11.3 Å². The number of primary sulfonamides is 1. The molecule has 1 aromatic heterocycles. The number of rotatable bonds is 4. The van der Waals surface area contributed by atoms with E-state index in [0.29, 0.717) is 12.6 Å². The first-order valence-electron chi connectivity index (χ1n) is 5.82. The van der Waals surface area contributed by atoms with Crippen LogP contribution in [0.3, 0.4) is 0 Å². The molecular weight excluding hydrogens is 268 g/mol. The van der Waals surface area contributed by atoms with E-state index < -0.39 is 10.0 Å². The van der Waals surface area contributed by atoms with Crippen molar-refractivity contribution in [3.8, 4) is 0 Å². The molecule has 2 aromatic rings. The Balaban J connectivity index is 2.10. The molecule has 6 heteroatoms. The van der Waals surface area contributed by atoms with Gasteiger partial charge in [0.25, 0.3) is 0 Å². The number of nitrogens with one attached hydrogen (secondary N) is 1. The topological polar surface area (TPSA) is 72.2 Å². The highest BCUT2D eigenvalue weighted by molar-refractivity contribution is 7.89. The molecule has 1 saturated carbocycles. The number of benzene rings is 1. The van der Waals surface area contributed by atoms with Crippen LogP contribution in [0, 0.1) is 0 Å². The van der Waals surface area contributed by atoms with Crippen molar-refractivity contribution in [2.24, 2.45) is 5.14 Å². The molecule has 1 aliphatic carbocycles. The Morgan fingerprint density at radius 2 is 2.06 bits per heavy atom. The number of nitrogens with two attached hydrogens (primary N) is 1. The Morgan fingerprint density at radius 1 is 1.33 bits per heavy atom. The molecule has 0 atom stereocenters. The number of sulfonamides is 1. The average Bonchev–Trinajstić information content (AvgIpc) is 3.04. The molecule has 4 nitrogen and oxygen atoms in total. The maximum absolute atomic E-state index is 11.7. The summed E-state index contributed by atoms with van der Waals surface area (Å²) in [5, 5.41) is 9.41. The van der Waals surface area contributed by atoms with Gasteiger partial charge >= 0.3 is 0 Å². The van der Waals surface area contributed by atoms with Gasteiger partial charge in [0.15, 0.2) is 0 Å². The lowest BCUT2D eigenvalue weighted by Crippen LogP contribution is -2.19. The fourth-order valence-corrected chi connectivity index (χ4v) is 4.49. The molecule has 0 amide bonds. The average molecular weight is 282 g/mol. The van der Waals surface area contributed by atoms with Crippen molar-refractivity contribution in [3.05, 3.63) is 29.1 Å². The second kappa shape index (κ2) is 4.31. The van der Waals surface area contributed by atoms with Crippen molar-refractivity contribution in [1.82, 2.24) is 5.32 Å². The molecular formula is C12H14N2O2S2. The molecule has 96 valence electrons. The van der Waals surface area contributed by atoms with E-state index in [0.717, 1.165) is 15.0 Å². The predicted molar refractivity (Wildman–Crippen MR) is 73.1 cm³/mol. The number of fused-ring (bicyclic) bond motifs is 1. The van der Waals surface area contributed by atoms with E-state index in [9.17, 15) is 8.42 Å². The van der Waals surface area contributed by atoms with E-state index in [1.54, 1.807) is 0 Å². The van der Waals surface area contributed by atoms with Crippen LogP contribution < -0.4 is 10.5 Å². The molecule has 18 heavy (non-hydrogen) atoms. The van der Waals surface area contributed by atoms with Gasteiger partial charge in [-0.3, -0.25) is 0 Å². The summed E-state index contributed by atoms with van der Waals surface area (Å²) in [6.45, 7) is 0.579. The summed E-state index contributed by atoms with van der Waals surface area (Å²) in [5.74, 6) is 0. The molecule has 1 fully saturated rings. The van der Waals surface area contributed by atoms with E-state index in [4.69, 9.17) is 5.14 Å². The van der Waals surface area contributed by atoms with Gasteiger partial charge in [-0.2, -0.15) is 0 Å². The molecule has 1 aromatic carbocycles. The SMILES string of the molecule is NS(=O)(=O)c1c(CNC2CC2)sc2ccccc12. The van der Waals surface area contributed by atoms with Crippen LogP contribution in [0.15, 0.2) is 29.2 Å². The predicted octanol–water partition coefficient (Wildman–Crippen LogP) is 1.80. The van der Waals surface area contributed by atoms with E-state index in [2.05, 4.69) is 5.32 Å². The van der Waals surface area contributed by atoms with Crippen molar-refractivity contribution < 1.29 is 8.42 Å². The maximum Gasteiger partial charge on any atom is 0.239 e. The Bertz CT molecular complexity index is 687. The minimum atomic E-state index is -3.67. The van der Waals surface area contributed by atoms with Crippen molar-refractivity contribution in [1.29, 1.82) is 0 Å². The van der Waals surface area contributed by atoms with Crippen molar-refractivity contribution in [3.63, 3.8) is 0 Å². The van der Waals surface area contributed by atoms with E-state index in [1.165, 1.54) is 24.2 Å². The molecule has 1 aliphatic rings. The van der Waals surface area contributed by atoms with Crippen molar-refractivity contribution in [2.75, 3.05) is 0 Å². The number of thiophene rings is 1. The first-order chi connectivity index (χ1) is 8.55. The van der Waals surface area contributed by atoms with Crippen LogP contribution in [0.25, 0.3) is 10.1 Å². The molecule has 0 aliphatic heterocycles. The van der Waals surface area contributed by atoms with Crippen LogP contribution in [-0.4, -0.2) is 14.5 Å². The zero-order valence-corrected chi connectivity index (χ0v) is 11.4. The Kier molecular flexibility index (Phi) is 2.90. The Labute approximate surface area is 110 Å². The molecule has 0 bridgehead atoms. The Hall–Kier alpha value is -0.950. The lowest BCUT2D eigenvalue weighted by Gasteiger charge is -2.03. The van der Waals surface area contributed by atoms with Crippen LogP contribution in [0.5, 0.6) is 0 Å². The van der Waals surface area contributed by atoms with Crippen LogP contribution in [0.2, 0.25) is 0 Å². The second-order valence-corrected chi connectivity index (χ2v) is 7.19. The van der Waals surface area contributed by atoms with E-state index >= 15 is 0 Å². The third-order valence-electron chi connectivity index (χ3n) is 3.03. The first-order valence-corrected chi connectivity index (χ1v) is 8.18. The molecule has 0 radical (unpaired) electrons. The highest BCUT2D eigenvalue weighted by Gasteiger charge is 2.24. The lowest BCUT2D eigenvalue weighted by molar-refractivity contribution is 0.596. The second-order valence-electron chi connectivity index (χ2n) is 4.55. The molecule has 1 heterocycles. The van der Waals surface area contributed by atoms with Gasteiger partial charge in [0.05, 0.1) is 0 Å². The Morgan fingerprint density at radius 3 is 2.72 bits per heavy atom. The number of hydrogen-bond acceptors (Lipinski definition) is 4. The maximum atomic E-state index is 11.7. The normalized spacial score (nSPS) is 16.3. The molecule has 0 saturated heterocycles. The number of hydrogen-bond donors (Lipinski definition) is 2. The quantitative estimate of drug-likeness (QED) is 0.898. The molecule has 3 rings (SSSR count). The van der Waals surface area contributed by atoms with Gasteiger partial charge in [0.2, 0.25) is 10.0 Å². The van der Waals surface area contributed by atoms with Crippen LogP contribution in [0.4, 0.5) is 0 Å². The smallest absolute Gasteiger partial charge is 0.239 e. The summed E-state index contributed by atoms with van der Waals surface area (Å²) in [7, 11) is -3.67. The highest BCUT2D eigenvalue weighted by atomic mass is 32.2. The summed E-state index contributed by atoms with van der Waals surface area (Å²) in [6.07, 6.45) is 2.35. The lowest BCUT2D eigenvalue weighted by atomic mass is 10.2. The summed E-state index contributed by atoms with van der Waals surface area (Å²) >= 11 is 1.50. The monoisotopic (exact) mass is 282 g/mol. The van der Waals surface area contributed by atoms with Gasteiger partial charge in [-0.25, -0.2) is 13.6 Å². The zero-order chi connectivity index (χ0) is 12.8. The standard InChI is InChI=1S/C12H14N2O2S2/c13-18(15,16)12-9-3-1-2-4-10(9)17-11(12)7-14-8-5-6-8/h1-4,8,14H,5-7H2,(H2,13,15,16). The van der Waals surface area contributed by atoms with Gasteiger partial charge in [-0.1, -0.05) is 18.2 Å². The third kappa shape index (κ3) is 2.29. The minimum absolute atomic E-state index is 0.288. The fourth-order valence-electron chi connectivity index (χ4n) is 2.03. The molecule has 0 unspecified atom stereocenters. The molecule has 3 N–H and O–H groups in total. The van der Waals surface area contributed by atoms with Gasteiger partial charge in [0.1, 0.15) is 4.90 Å². The van der Waals surface area contributed by atoms with Crippen LogP contribution in [0.1, 0.15) is 17.7 Å². The van der Waals surface area contributed by atoms with E-state index in [1.807, 2.05) is 24.3 Å². The summed E-state index contributed by atoms with van der Waals surface area (Å²) in [4.78, 5) is 1.10. The summed E-state index contributed by atoms with van der Waals surface area (Å²) < 4.78 is 24.5. The van der Waals surface area contributed by atoms with Crippen molar-refractivity contribution in [2.45, 2.75) is 30.3 Å². The minimum Gasteiger partial charge on any atom is -0.309 e. The van der Waals surface area contributed by atoms with E-state index in [-0.39, 0.29) is 4.90 Å². The van der Waals surface area contributed by atoms with Crippen molar-refractivity contribution >= 4 is 31.4 Å². The van der Waals surface area contributed by atoms with Crippen LogP contribution in [-0.2, 0) is 16.6 Å². The largest absolute Gasteiger partial charge is 0.309 e. The highest BCUT2D eigenvalue weighted by Crippen LogP contribution is 2.34. The molecule has 0 spiro atoms. The van der Waals surface area contributed by atoms with Gasteiger partial charge in [-0.05, 0) is 18.9 Å². The third-order valence-corrected chi connectivity index (χ3v) is 5.37. The van der Waals surface area contributed by atoms with Gasteiger partial charge in [0, 0.05) is 27.5 Å². The summed E-state index contributed by atoms with van der Waals surface area (Å²) in [6, 6.07) is 8.02. The van der Waals surface area contributed by atoms with Gasteiger partial charge < -0.3 is 5.32 Å². The first kappa shape index (κ1) is 12.1. The van der Waals surface area contributed by atoms with Crippen LogP contribution >= 0.6 is 11.3 Å². The summed E-state index contributed by atoms with van der Waals surface area (Å²) in [5.41, 5.74) is 0. The zero-order valence-electron chi connectivity index (χ0n) is 9.72.